The third-order valence-corrected chi connectivity index (χ3v) is 7.88. The molecule has 2 unspecified atom stereocenters. The van der Waals surface area contributed by atoms with Crippen molar-refractivity contribution in [3.63, 3.8) is 0 Å². The predicted molar refractivity (Wildman–Crippen MR) is 117 cm³/mol. The number of fused-ring (bicyclic) bond motifs is 1. The predicted octanol–water partition coefficient (Wildman–Crippen LogP) is 3.98. The molecule has 0 fully saturated rings. The molecule has 10 heteroatoms. The minimum absolute atomic E-state index is 0.0535. The van der Waals surface area contributed by atoms with Gasteiger partial charge in [-0.25, -0.2) is 8.57 Å². The molecule has 3 aromatic carbocycles. The van der Waals surface area contributed by atoms with Crippen LogP contribution in [0.3, 0.4) is 0 Å². The Bertz CT molecular complexity index is 1240. The van der Waals surface area contributed by atoms with Crippen molar-refractivity contribution >= 4 is 59.1 Å². The Morgan fingerprint density at radius 2 is 1.79 bits per heavy atom. The molecular formula is C19H17BrN2O5S2. The minimum Gasteiger partial charge on any atom is -0.506 e. The minimum atomic E-state index is -3.09. The summed E-state index contributed by atoms with van der Waals surface area (Å²) in [5, 5.41) is 20.4. The van der Waals surface area contributed by atoms with Gasteiger partial charge in [0.25, 0.3) is 0 Å². The molecule has 0 aromatic heterocycles. The maximum atomic E-state index is 13.5. The van der Waals surface area contributed by atoms with Crippen molar-refractivity contribution in [3.05, 3.63) is 59.1 Å². The highest BCUT2D eigenvalue weighted by atomic mass is 79.9. The Balaban J connectivity index is 2.19. The van der Waals surface area contributed by atoms with E-state index in [2.05, 4.69) is 25.0 Å². The van der Waals surface area contributed by atoms with Gasteiger partial charge in [0, 0.05) is 22.3 Å². The lowest BCUT2D eigenvalue weighted by Crippen LogP contribution is -2.14. The van der Waals surface area contributed by atoms with Gasteiger partial charge in [0.05, 0.1) is 26.3 Å². The lowest BCUT2D eigenvalue weighted by Gasteiger charge is -2.17. The zero-order valence-electron chi connectivity index (χ0n) is 15.2. The van der Waals surface area contributed by atoms with E-state index < -0.39 is 32.4 Å². The summed E-state index contributed by atoms with van der Waals surface area (Å²) in [5.41, 5.74) is 0.325. The first-order chi connectivity index (χ1) is 13.7. The molecule has 2 atom stereocenters. The normalized spacial score (nSPS) is 14.1. The fourth-order valence-corrected chi connectivity index (χ4v) is 5.37. The Hall–Kier alpha value is -2.43. The van der Waals surface area contributed by atoms with Crippen LogP contribution < -0.4 is 4.72 Å². The molecule has 0 saturated carbocycles. The van der Waals surface area contributed by atoms with Crippen molar-refractivity contribution < 1.29 is 23.4 Å². The SMILES string of the molecule is CN=S(=O)(Nc1cc(S(=O)CC(=O)O)c(O)c2ccccc12)c1ccc(Br)cc1. The number of carboxylic acids is 1. The van der Waals surface area contributed by atoms with Gasteiger partial charge in [-0.15, -0.1) is 0 Å². The van der Waals surface area contributed by atoms with Crippen LogP contribution in [0.2, 0.25) is 0 Å². The number of aliphatic carboxylic acids is 1. The average Bonchev–Trinajstić information content (AvgIpc) is 2.70. The van der Waals surface area contributed by atoms with E-state index in [1.165, 1.54) is 13.1 Å². The molecule has 0 heterocycles. The first-order valence-corrected chi connectivity index (χ1v) is 11.9. The Morgan fingerprint density at radius 3 is 2.38 bits per heavy atom. The van der Waals surface area contributed by atoms with Crippen molar-refractivity contribution in [2.75, 3.05) is 17.5 Å². The Labute approximate surface area is 178 Å². The topological polar surface area (TPSA) is 116 Å². The Kier molecular flexibility index (Phi) is 6.25. The maximum absolute atomic E-state index is 13.5. The number of aromatic hydroxyl groups is 1. The number of benzene rings is 3. The van der Waals surface area contributed by atoms with Crippen LogP contribution in [0.4, 0.5) is 5.69 Å². The standard InChI is InChI=1S/C19H17BrN2O5S2/c1-21-29(27,13-8-6-12(20)7-9-13)22-16-10-17(28(26)11-18(23)24)19(25)15-5-3-2-4-14(15)16/h2-10,25H,11H2,1H3,(H,23,24)(H,21,22,27). The van der Waals surface area contributed by atoms with E-state index in [9.17, 15) is 18.3 Å². The number of carboxylic acid groups (broad SMARTS) is 1. The van der Waals surface area contributed by atoms with Crippen LogP contribution in [0.25, 0.3) is 10.8 Å². The summed E-state index contributed by atoms with van der Waals surface area (Å²) in [5.74, 6) is -2.19. The fraction of sp³-hybridized carbons (Fsp3) is 0.105. The van der Waals surface area contributed by atoms with Crippen LogP contribution >= 0.6 is 15.9 Å². The number of phenols is 1. The van der Waals surface area contributed by atoms with Crippen LogP contribution in [0, 0.1) is 0 Å². The summed E-state index contributed by atoms with van der Waals surface area (Å²) in [6, 6.07) is 14.9. The van der Waals surface area contributed by atoms with Gasteiger partial charge >= 0.3 is 5.97 Å². The van der Waals surface area contributed by atoms with Gasteiger partial charge in [-0.2, -0.15) is 0 Å². The molecule has 3 rings (SSSR count). The highest BCUT2D eigenvalue weighted by molar-refractivity contribution is 9.10. The number of phenolic OH excluding ortho intramolecular Hbond substituents is 1. The van der Waals surface area contributed by atoms with Crippen LogP contribution in [-0.4, -0.2) is 37.4 Å². The monoisotopic (exact) mass is 496 g/mol. The quantitative estimate of drug-likeness (QED) is 0.446. The average molecular weight is 497 g/mol. The highest BCUT2D eigenvalue weighted by Crippen LogP contribution is 2.37. The number of nitrogens with zero attached hydrogens (tertiary/aromatic N) is 1. The number of halogens is 1. The molecule has 0 radical (unpaired) electrons. The molecule has 3 N–H and O–H groups in total. The highest BCUT2D eigenvalue weighted by Gasteiger charge is 2.20. The van der Waals surface area contributed by atoms with Gasteiger partial charge in [-0.05, 0) is 30.3 Å². The molecule has 0 aliphatic rings. The van der Waals surface area contributed by atoms with Gasteiger partial charge in [0.1, 0.15) is 11.5 Å². The number of carbonyl (C=O) groups is 1. The van der Waals surface area contributed by atoms with Gasteiger partial charge < -0.3 is 10.2 Å². The second kappa shape index (κ2) is 8.52. The van der Waals surface area contributed by atoms with Gasteiger partial charge in [-0.1, -0.05) is 40.2 Å². The molecule has 7 nitrogen and oxygen atoms in total. The number of anilines is 1. The van der Waals surface area contributed by atoms with Gasteiger partial charge in [-0.3, -0.25) is 13.7 Å². The van der Waals surface area contributed by atoms with E-state index in [1.54, 1.807) is 48.5 Å². The van der Waals surface area contributed by atoms with Crippen molar-refractivity contribution in [2.45, 2.75) is 9.79 Å². The second-order valence-corrected chi connectivity index (χ2v) is 10.4. The molecule has 3 aromatic rings. The summed E-state index contributed by atoms with van der Waals surface area (Å²) < 4.78 is 33.7. The van der Waals surface area contributed by atoms with E-state index in [4.69, 9.17) is 5.11 Å². The first-order valence-electron chi connectivity index (χ1n) is 8.28. The number of hydrogen-bond donors (Lipinski definition) is 3. The largest absolute Gasteiger partial charge is 0.506 e. The third-order valence-electron chi connectivity index (χ3n) is 4.12. The van der Waals surface area contributed by atoms with Crippen LogP contribution in [0.1, 0.15) is 0 Å². The fourth-order valence-electron chi connectivity index (χ4n) is 2.76. The molecule has 0 saturated heterocycles. The van der Waals surface area contributed by atoms with E-state index in [0.717, 1.165) is 4.47 Å². The molecule has 0 aliphatic carbocycles. The van der Waals surface area contributed by atoms with E-state index in [1.807, 2.05) is 0 Å². The maximum Gasteiger partial charge on any atom is 0.316 e. The zero-order chi connectivity index (χ0) is 21.2. The van der Waals surface area contributed by atoms with E-state index in [0.29, 0.717) is 21.4 Å². The Morgan fingerprint density at radius 1 is 1.17 bits per heavy atom. The third kappa shape index (κ3) is 4.44. The first kappa shape index (κ1) is 21.3. The molecule has 0 spiro atoms. The summed E-state index contributed by atoms with van der Waals surface area (Å²) in [7, 11) is -3.66. The molecule has 0 aliphatic heterocycles. The van der Waals surface area contributed by atoms with Crippen LogP contribution in [-0.2, 0) is 25.5 Å². The summed E-state index contributed by atoms with van der Waals surface area (Å²) in [4.78, 5) is 11.4. The molecule has 152 valence electrons. The molecule has 29 heavy (non-hydrogen) atoms. The second-order valence-electron chi connectivity index (χ2n) is 5.96. The summed E-state index contributed by atoms with van der Waals surface area (Å²) >= 11 is 3.33. The molecule has 0 bridgehead atoms. The van der Waals surface area contributed by atoms with E-state index in [-0.39, 0.29) is 10.6 Å². The van der Waals surface area contributed by atoms with Crippen LogP contribution in [0.5, 0.6) is 5.75 Å². The number of hydrogen-bond acceptors (Lipinski definition) is 5. The summed E-state index contributed by atoms with van der Waals surface area (Å²) in [6.07, 6.45) is 0. The van der Waals surface area contributed by atoms with E-state index >= 15 is 0 Å². The molecule has 0 amide bonds. The van der Waals surface area contributed by atoms with Crippen molar-refractivity contribution in [1.82, 2.24) is 0 Å². The zero-order valence-corrected chi connectivity index (χ0v) is 18.4. The van der Waals surface area contributed by atoms with Crippen molar-refractivity contribution in [2.24, 2.45) is 4.36 Å². The smallest absolute Gasteiger partial charge is 0.316 e. The van der Waals surface area contributed by atoms with Gasteiger partial charge in [0.2, 0.25) is 0 Å². The summed E-state index contributed by atoms with van der Waals surface area (Å²) in [6.45, 7) is 0. The number of nitrogens with one attached hydrogen (secondary N) is 1. The van der Waals surface area contributed by atoms with Crippen molar-refractivity contribution in [3.8, 4) is 5.75 Å². The lowest BCUT2D eigenvalue weighted by molar-refractivity contribution is -0.133. The number of rotatable bonds is 6. The van der Waals surface area contributed by atoms with Gasteiger partial charge in [0.15, 0.2) is 9.92 Å². The lowest BCUT2D eigenvalue weighted by atomic mass is 10.1. The van der Waals surface area contributed by atoms with Crippen molar-refractivity contribution in [1.29, 1.82) is 0 Å². The van der Waals surface area contributed by atoms with Crippen LogP contribution in [0.15, 0.2) is 73.2 Å². The molecular weight excluding hydrogens is 480 g/mol.